The van der Waals surface area contributed by atoms with E-state index in [1.807, 2.05) is 104 Å². The third-order valence-corrected chi connectivity index (χ3v) is 7.71. The number of phenolic OH excluding ortho intramolecular Hbond substituents is 2. The lowest BCUT2D eigenvalue weighted by atomic mass is 9.65. The van der Waals surface area contributed by atoms with Crippen LogP contribution in [0.4, 0.5) is 0 Å². The molecule has 40 heavy (non-hydrogen) atoms. The fraction of sp³-hybridized carbons (Fsp3) is 0.189. The molecule has 0 spiro atoms. The van der Waals surface area contributed by atoms with Gasteiger partial charge in [0.2, 0.25) is 0 Å². The summed E-state index contributed by atoms with van der Waals surface area (Å²) < 4.78 is 5.79. The second-order valence-electron chi connectivity index (χ2n) is 10.2. The lowest BCUT2D eigenvalue weighted by molar-refractivity contribution is 0.340. The molecule has 0 saturated carbocycles. The Morgan fingerprint density at radius 1 is 0.575 bits per heavy atom. The van der Waals surface area contributed by atoms with Crippen LogP contribution in [0.2, 0.25) is 0 Å². The first kappa shape index (κ1) is 27.1. The number of ether oxygens (including phenoxy) is 1. The highest BCUT2D eigenvalue weighted by molar-refractivity contribution is 5.74. The first-order valence-electron chi connectivity index (χ1n) is 14.1. The van der Waals surface area contributed by atoms with Crippen LogP contribution < -0.4 is 4.74 Å². The molecule has 5 aromatic rings. The minimum atomic E-state index is -0.533. The molecule has 0 aliphatic heterocycles. The van der Waals surface area contributed by atoms with Gasteiger partial charge in [0.15, 0.2) is 0 Å². The number of benzene rings is 5. The predicted molar refractivity (Wildman–Crippen MR) is 164 cm³/mol. The number of unbranched alkanes of at least 4 members (excludes halogenated alkanes) is 1. The Morgan fingerprint density at radius 2 is 1.05 bits per heavy atom. The molecule has 0 fully saturated rings. The summed E-state index contributed by atoms with van der Waals surface area (Å²) in [6.45, 7) is 4.81. The summed E-state index contributed by atoms with van der Waals surface area (Å²) in [6, 6.07) is 40.4. The van der Waals surface area contributed by atoms with Crippen LogP contribution >= 0.6 is 0 Å². The maximum absolute atomic E-state index is 10.9. The number of phenols is 2. The molecule has 2 N–H and O–H groups in total. The summed E-state index contributed by atoms with van der Waals surface area (Å²) in [5.74, 6) is 1.34. The largest absolute Gasteiger partial charge is 0.507 e. The minimum Gasteiger partial charge on any atom is -0.507 e. The van der Waals surface area contributed by atoms with E-state index in [0.717, 1.165) is 64.0 Å². The molecule has 5 aromatic carbocycles. The minimum absolute atomic E-state index is 0.252. The van der Waals surface area contributed by atoms with Crippen molar-refractivity contribution in [2.45, 2.75) is 38.5 Å². The van der Waals surface area contributed by atoms with E-state index in [4.69, 9.17) is 4.74 Å². The van der Waals surface area contributed by atoms with E-state index in [0.29, 0.717) is 6.61 Å². The van der Waals surface area contributed by atoms with Crippen molar-refractivity contribution in [1.82, 2.24) is 0 Å². The molecular weight excluding hydrogens is 492 g/mol. The normalized spacial score (nSPS) is 11.3. The molecule has 0 saturated heterocycles. The van der Waals surface area contributed by atoms with Gasteiger partial charge in [0.05, 0.1) is 6.61 Å². The van der Waals surface area contributed by atoms with Gasteiger partial charge in [0.1, 0.15) is 17.2 Å². The molecule has 0 atom stereocenters. The van der Waals surface area contributed by atoms with Crippen molar-refractivity contribution in [2.75, 3.05) is 6.61 Å². The van der Waals surface area contributed by atoms with Gasteiger partial charge in [-0.3, -0.25) is 0 Å². The van der Waals surface area contributed by atoms with Gasteiger partial charge in [-0.1, -0.05) is 105 Å². The zero-order valence-electron chi connectivity index (χ0n) is 23.2. The predicted octanol–water partition coefficient (Wildman–Crippen LogP) is 9.36. The quantitative estimate of drug-likeness (QED) is 0.178. The third kappa shape index (κ3) is 5.33. The zero-order chi connectivity index (χ0) is 28.0. The van der Waals surface area contributed by atoms with Crippen LogP contribution in [-0.2, 0) is 5.41 Å². The highest BCUT2D eigenvalue weighted by atomic mass is 16.5. The van der Waals surface area contributed by atoms with Gasteiger partial charge < -0.3 is 14.9 Å². The Labute approximate surface area is 237 Å². The monoisotopic (exact) mass is 528 g/mol. The molecule has 5 rings (SSSR count). The molecule has 0 aliphatic carbocycles. The van der Waals surface area contributed by atoms with Crippen LogP contribution in [0.25, 0.3) is 22.3 Å². The van der Waals surface area contributed by atoms with Crippen LogP contribution in [0.5, 0.6) is 17.2 Å². The molecule has 3 nitrogen and oxygen atoms in total. The van der Waals surface area contributed by atoms with Crippen molar-refractivity contribution in [3.8, 4) is 39.5 Å². The maximum Gasteiger partial charge on any atom is 0.123 e. The Kier molecular flexibility index (Phi) is 8.21. The van der Waals surface area contributed by atoms with Gasteiger partial charge in [-0.2, -0.15) is 0 Å². The van der Waals surface area contributed by atoms with Crippen molar-refractivity contribution >= 4 is 0 Å². The number of hydrogen-bond donors (Lipinski definition) is 2. The van der Waals surface area contributed by atoms with Crippen molar-refractivity contribution in [3.05, 3.63) is 138 Å². The van der Waals surface area contributed by atoms with Crippen molar-refractivity contribution in [2.24, 2.45) is 0 Å². The molecule has 202 valence electrons. The van der Waals surface area contributed by atoms with Gasteiger partial charge in [-0.15, -0.1) is 0 Å². The zero-order valence-corrected chi connectivity index (χ0v) is 23.2. The molecule has 0 aromatic heterocycles. The second kappa shape index (κ2) is 12.1. The van der Waals surface area contributed by atoms with Gasteiger partial charge >= 0.3 is 0 Å². The van der Waals surface area contributed by atoms with Crippen molar-refractivity contribution in [3.63, 3.8) is 0 Å². The summed E-state index contributed by atoms with van der Waals surface area (Å²) in [6.07, 6.45) is 2.89. The van der Waals surface area contributed by atoms with Gasteiger partial charge in [-0.05, 0) is 77.6 Å². The lowest BCUT2D eigenvalue weighted by Gasteiger charge is -2.37. The van der Waals surface area contributed by atoms with E-state index >= 15 is 0 Å². The average molecular weight is 529 g/mol. The van der Waals surface area contributed by atoms with Crippen LogP contribution in [-0.4, -0.2) is 16.8 Å². The molecule has 0 amide bonds. The fourth-order valence-electron chi connectivity index (χ4n) is 5.68. The van der Waals surface area contributed by atoms with Crippen LogP contribution in [0, 0.1) is 0 Å². The number of aromatic hydroxyl groups is 2. The smallest absolute Gasteiger partial charge is 0.123 e. The van der Waals surface area contributed by atoms with E-state index < -0.39 is 5.41 Å². The van der Waals surface area contributed by atoms with E-state index in [9.17, 15) is 10.2 Å². The first-order chi connectivity index (χ1) is 19.6. The summed E-state index contributed by atoms with van der Waals surface area (Å²) in [5.41, 5.74) is 6.31. The average Bonchev–Trinajstić information content (AvgIpc) is 3.00. The van der Waals surface area contributed by atoms with Crippen LogP contribution in [0.3, 0.4) is 0 Å². The highest BCUT2D eigenvalue weighted by Crippen LogP contribution is 2.48. The van der Waals surface area contributed by atoms with E-state index in [-0.39, 0.29) is 11.5 Å². The van der Waals surface area contributed by atoms with Crippen LogP contribution in [0.1, 0.15) is 49.8 Å². The Balaban J connectivity index is 1.79. The van der Waals surface area contributed by atoms with Gasteiger partial charge in [0.25, 0.3) is 0 Å². The molecular formula is C37H36O3. The SMILES string of the molecule is CCCCC(c1ccc(OCC)cc1)(c1ccc(O)c(-c2ccccc2)c1)c1ccc(O)c(-c2ccccc2)c1. The molecule has 3 heteroatoms. The molecule has 0 unspecified atom stereocenters. The van der Waals surface area contributed by atoms with E-state index in [2.05, 4.69) is 31.2 Å². The molecule has 0 radical (unpaired) electrons. The standard InChI is InChI=1S/C37H36O3/c1-3-5-24-37(29-16-20-32(21-17-29)40-4-2,30-18-22-35(38)33(25-30)27-12-8-6-9-13-27)31-19-23-36(39)34(26-31)28-14-10-7-11-15-28/h6-23,25-26,38-39H,3-5,24H2,1-2H3. The number of hydrogen-bond acceptors (Lipinski definition) is 3. The number of rotatable bonds is 10. The fourth-order valence-corrected chi connectivity index (χ4v) is 5.68. The summed E-state index contributed by atoms with van der Waals surface area (Å²) >= 11 is 0. The summed E-state index contributed by atoms with van der Waals surface area (Å²) in [5, 5.41) is 21.9. The second-order valence-corrected chi connectivity index (χ2v) is 10.2. The Morgan fingerprint density at radius 3 is 1.50 bits per heavy atom. The van der Waals surface area contributed by atoms with Crippen LogP contribution in [0.15, 0.2) is 121 Å². The third-order valence-electron chi connectivity index (χ3n) is 7.71. The van der Waals surface area contributed by atoms with Gasteiger partial charge in [-0.25, -0.2) is 0 Å². The van der Waals surface area contributed by atoms with Gasteiger partial charge in [0, 0.05) is 16.5 Å². The summed E-state index contributed by atoms with van der Waals surface area (Å²) in [4.78, 5) is 0. The lowest BCUT2D eigenvalue weighted by Crippen LogP contribution is -2.29. The first-order valence-corrected chi connectivity index (χ1v) is 14.1. The summed E-state index contributed by atoms with van der Waals surface area (Å²) in [7, 11) is 0. The highest BCUT2D eigenvalue weighted by Gasteiger charge is 2.37. The Bertz CT molecular complexity index is 1450. The van der Waals surface area contributed by atoms with E-state index in [1.54, 1.807) is 0 Å². The molecule has 0 bridgehead atoms. The maximum atomic E-state index is 10.9. The van der Waals surface area contributed by atoms with E-state index in [1.165, 1.54) is 0 Å². The van der Waals surface area contributed by atoms with Crippen molar-refractivity contribution in [1.29, 1.82) is 0 Å². The Hall–Kier alpha value is -4.50. The molecule has 0 aliphatic rings. The van der Waals surface area contributed by atoms with Crippen molar-refractivity contribution < 1.29 is 14.9 Å². The molecule has 0 heterocycles. The topological polar surface area (TPSA) is 49.7 Å².